The van der Waals surface area contributed by atoms with Gasteiger partial charge in [-0.3, -0.25) is 9.59 Å². The second-order valence-electron chi connectivity index (χ2n) is 8.56. The molecule has 4 rings (SSSR count). The first-order valence-electron chi connectivity index (χ1n) is 11.6. The summed E-state index contributed by atoms with van der Waals surface area (Å²) in [5, 5.41) is 9.96. The van der Waals surface area contributed by atoms with Crippen LogP contribution in [-0.4, -0.2) is 38.0 Å². The Balaban J connectivity index is 1.43. The Hall–Kier alpha value is -3.15. The number of carboxylic acid groups (broad SMARTS) is 1. The maximum absolute atomic E-state index is 12.8. The van der Waals surface area contributed by atoms with Crippen LogP contribution in [0.25, 0.3) is 11.0 Å². The van der Waals surface area contributed by atoms with Crippen LogP contribution in [0, 0.1) is 0 Å². The van der Waals surface area contributed by atoms with Gasteiger partial charge in [0.05, 0.1) is 6.54 Å². The van der Waals surface area contributed by atoms with E-state index in [9.17, 15) is 9.59 Å². The number of benzene rings is 1. The molecule has 0 saturated carbocycles. The third-order valence-electron chi connectivity index (χ3n) is 6.34. The van der Waals surface area contributed by atoms with Gasteiger partial charge in [0, 0.05) is 43.2 Å². The Bertz CT molecular complexity index is 1070. The molecule has 0 unspecified atom stereocenters. The quantitative estimate of drug-likeness (QED) is 0.475. The highest BCUT2D eigenvalue weighted by atomic mass is 16.4. The van der Waals surface area contributed by atoms with Crippen molar-refractivity contribution in [2.75, 3.05) is 6.54 Å². The highest BCUT2D eigenvalue weighted by Crippen LogP contribution is 2.30. The molecule has 0 radical (unpaired) electrons. The van der Waals surface area contributed by atoms with Crippen LogP contribution in [-0.2, 0) is 35.5 Å². The number of hydrogen-bond acceptors (Lipinski definition) is 3. The minimum absolute atomic E-state index is 0.167. The van der Waals surface area contributed by atoms with Crippen molar-refractivity contribution in [3.63, 3.8) is 0 Å². The molecule has 6 nitrogen and oxygen atoms in total. The number of carboxylic acids is 1. The van der Waals surface area contributed by atoms with Gasteiger partial charge < -0.3 is 14.6 Å². The Morgan fingerprint density at radius 2 is 1.78 bits per heavy atom. The number of unbranched alkanes of at least 4 members (excludes halogenated alkanes) is 2. The molecule has 0 bridgehead atoms. The average molecular weight is 434 g/mol. The molecule has 3 aromatic rings. The van der Waals surface area contributed by atoms with Gasteiger partial charge in [-0.05, 0) is 55.4 Å². The molecule has 0 saturated heterocycles. The number of fused-ring (bicyclic) bond motifs is 3. The lowest BCUT2D eigenvalue weighted by Gasteiger charge is -2.28. The molecule has 0 spiro atoms. The summed E-state index contributed by atoms with van der Waals surface area (Å²) in [5.41, 5.74) is 4.91. The number of aromatic nitrogens is 2. The molecule has 0 atom stereocenters. The molecule has 2 aromatic heterocycles. The Morgan fingerprint density at radius 3 is 2.59 bits per heavy atom. The van der Waals surface area contributed by atoms with Crippen LogP contribution >= 0.6 is 0 Å². The summed E-state index contributed by atoms with van der Waals surface area (Å²) in [5.74, 6) is -0.603. The van der Waals surface area contributed by atoms with E-state index in [0.717, 1.165) is 50.8 Å². The zero-order valence-electron chi connectivity index (χ0n) is 18.5. The molecule has 1 amide bonds. The molecule has 1 aliphatic rings. The highest BCUT2D eigenvalue weighted by Gasteiger charge is 2.26. The van der Waals surface area contributed by atoms with E-state index in [1.54, 1.807) is 0 Å². The van der Waals surface area contributed by atoms with Crippen molar-refractivity contribution < 1.29 is 14.7 Å². The number of rotatable bonds is 10. The smallest absolute Gasteiger partial charge is 0.303 e. The summed E-state index contributed by atoms with van der Waals surface area (Å²) < 4.78 is 2.32. The van der Waals surface area contributed by atoms with Crippen molar-refractivity contribution in [2.45, 2.75) is 64.5 Å². The molecule has 1 aliphatic heterocycles. The van der Waals surface area contributed by atoms with Crippen LogP contribution in [0.3, 0.4) is 0 Å². The molecule has 6 heteroatoms. The summed E-state index contributed by atoms with van der Waals surface area (Å²) in [4.78, 5) is 30.1. The third-order valence-corrected chi connectivity index (χ3v) is 6.34. The largest absolute Gasteiger partial charge is 0.481 e. The predicted octanol–water partition coefficient (Wildman–Crippen LogP) is 4.59. The first-order chi connectivity index (χ1) is 15.6. The second kappa shape index (κ2) is 10.4. The number of pyridine rings is 1. The van der Waals surface area contributed by atoms with Gasteiger partial charge >= 0.3 is 5.97 Å². The molecule has 32 heavy (non-hydrogen) atoms. The molecule has 0 fully saturated rings. The summed E-state index contributed by atoms with van der Waals surface area (Å²) in [7, 11) is 0. The van der Waals surface area contributed by atoms with Crippen molar-refractivity contribution in [1.29, 1.82) is 0 Å². The topological polar surface area (TPSA) is 75.4 Å². The summed E-state index contributed by atoms with van der Waals surface area (Å²) in [6.07, 6.45) is 7.57. The van der Waals surface area contributed by atoms with Crippen molar-refractivity contribution in [3.8, 4) is 0 Å². The van der Waals surface area contributed by atoms with Crippen LogP contribution in [0.5, 0.6) is 0 Å². The highest BCUT2D eigenvalue weighted by molar-refractivity contribution is 5.83. The number of aryl methyl sites for hydroxylation is 2. The SMILES string of the molecule is O=C(O)CCCCCC(=O)N1CCc2c(n(CCCc3ccccc3)c3ncccc23)C1. The minimum Gasteiger partial charge on any atom is -0.481 e. The monoisotopic (exact) mass is 433 g/mol. The van der Waals surface area contributed by atoms with E-state index in [2.05, 4.69) is 39.9 Å². The fourth-order valence-corrected chi connectivity index (χ4v) is 4.69. The number of carbonyl (C=O) groups excluding carboxylic acids is 1. The lowest BCUT2D eigenvalue weighted by Crippen LogP contribution is -2.36. The van der Waals surface area contributed by atoms with Crippen LogP contribution in [0.2, 0.25) is 0 Å². The molecule has 3 heterocycles. The maximum atomic E-state index is 12.8. The average Bonchev–Trinajstić information content (AvgIpc) is 3.12. The normalized spacial score (nSPS) is 13.3. The molecule has 0 aliphatic carbocycles. The number of hydrogen-bond donors (Lipinski definition) is 1. The minimum atomic E-state index is -0.770. The fourth-order valence-electron chi connectivity index (χ4n) is 4.69. The molecule has 168 valence electrons. The Labute approximate surface area is 188 Å². The zero-order chi connectivity index (χ0) is 22.3. The van der Waals surface area contributed by atoms with E-state index < -0.39 is 5.97 Å². The lowest BCUT2D eigenvalue weighted by molar-refractivity contribution is -0.137. The zero-order valence-corrected chi connectivity index (χ0v) is 18.5. The summed E-state index contributed by atoms with van der Waals surface area (Å²) in [6, 6.07) is 14.7. The standard InChI is InChI=1S/C26H31N3O3/c30-24(13-5-2-6-14-25(31)32)28-18-15-21-22-12-7-16-27-26(22)29(23(21)19-28)17-8-11-20-9-3-1-4-10-20/h1,3-4,7,9-10,12,16H,2,5-6,8,11,13-15,17-19H2,(H,31,32). The Kier molecular flexibility index (Phi) is 7.20. The van der Waals surface area contributed by atoms with Crippen molar-refractivity contribution >= 4 is 22.9 Å². The molecular formula is C26H31N3O3. The Morgan fingerprint density at radius 1 is 0.969 bits per heavy atom. The van der Waals surface area contributed by atoms with Crippen LogP contribution < -0.4 is 0 Å². The van der Waals surface area contributed by atoms with Gasteiger partial charge in [0.1, 0.15) is 5.65 Å². The number of amides is 1. The van der Waals surface area contributed by atoms with Gasteiger partial charge in [0.2, 0.25) is 5.91 Å². The van der Waals surface area contributed by atoms with Crippen molar-refractivity contribution in [2.24, 2.45) is 0 Å². The van der Waals surface area contributed by atoms with E-state index >= 15 is 0 Å². The summed E-state index contributed by atoms with van der Waals surface area (Å²) >= 11 is 0. The van der Waals surface area contributed by atoms with E-state index in [1.165, 1.54) is 22.2 Å². The molecule has 1 N–H and O–H groups in total. The van der Waals surface area contributed by atoms with Gasteiger partial charge in [-0.15, -0.1) is 0 Å². The molecular weight excluding hydrogens is 402 g/mol. The lowest BCUT2D eigenvalue weighted by atomic mass is 10.0. The molecule has 1 aromatic carbocycles. The fraction of sp³-hybridized carbons (Fsp3) is 0.423. The van der Waals surface area contributed by atoms with Crippen molar-refractivity contribution in [3.05, 3.63) is 65.5 Å². The third kappa shape index (κ3) is 5.18. The maximum Gasteiger partial charge on any atom is 0.303 e. The number of aliphatic carboxylic acids is 1. The van der Waals surface area contributed by atoms with Crippen LogP contribution in [0.4, 0.5) is 0 Å². The van der Waals surface area contributed by atoms with E-state index in [1.807, 2.05) is 23.2 Å². The second-order valence-corrected chi connectivity index (χ2v) is 8.56. The van der Waals surface area contributed by atoms with Crippen LogP contribution in [0.15, 0.2) is 48.7 Å². The van der Waals surface area contributed by atoms with Gasteiger partial charge in [0.15, 0.2) is 0 Å². The van der Waals surface area contributed by atoms with Crippen molar-refractivity contribution in [1.82, 2.24) is 14.5 Å². The summed E-state index contributed by atoms with van der Waals surface area (Å²) in [6.45, 7) is 2.25. The first-order valence-corrected chi connectivity index (χ1v) is 11.6. The van der Waals surface area contributed by atoms with Gasteiger partial charge in [0.25, 0.3) is 0 Å². The first kappa shape index (κ1) is 22.1. The van der Waals surface area contributed by atoms with E-state index in [4.69, 9.17) is 5.11 Å². The van der Waals surface area contributed by atoms with Gasteiger partial charge in [-0.25, -0.2) is 4.98 Å². The number of carbonyl (C=O) groups is 2. The van der Waals surface area contributed by atoms with E-state index in [-0.39, 0.29) is 12.3 Å². The number of nitrogens with zero attached hydrogens (tertiary/aromatic N) is 3. The van der Waals surface area contributed by atoms with Gasteiger partial charge in [-0.2, -0.15) is 0 Å². The van der Waals surface area contributed by atoms with E-state index in [0.29, 0.717) is 19.4 Å². The van der Waals surface area contributed by atoms with Gasteiger partial charge in [-0.1, -0.05) is 36.8 Å². The van der Waals surface area contributed by atoms with Crippen LogP contribution in [0.1, 0.15) is 55.3 Å². The predicted molar refractivity (Wildman–Crippen MR) is 124 cm³/mol.